The van der Waals surface area contributed by atoms with Gasteiger partial charge in [0, 0.05) is 37.6 Å². The number of nitrogens with one attached hydrogen (secondary N) is 1. The Morgan fingerprint density at radius 2 is 1.69 bits per heavy atom. The molecule has 2 aliphatic rings. The quantitative estimate of drug-likeness (QED) is 0.851. The Kier molecular flexibility index (Phi) is 5.42. The van der Waals surface area contributed by atoms with E-state index in [0.29, 0.717) is 17.3 Å². The second-order valence-electron chi connectivity index (χ2n) is 6.91. The molecule has 4 rings (SSSR count). The highest BCUT2D eigenvalue weighted by molar-refractivity contribution is 7.91. The van der Waals surface area contributed by atoms with Crippen LogP contribution < -0.4 is 5.32 Å². The Bertz CT molecular complexity index is 851. The van der Waals surface area contributed by atoms with Gasteiger partial charge in [0.2, 0.25) is 0 Å². The molecule has 3 heterocycles. The van der Waals surface area contributed by atoms with E-state index in [2.05, 4.69) is 28.4 Å². The number of likely N-dealkylation sites (tertiary alicyclic amines) is 1. The van der Waals surface area contributed by atoms with Gasteiger partial charge in [0.25, 0.3) is 10.0 Å². The Morgan fingerprint density at radius 3 is 2.46 bits per heavy atom. The molecule has 5 nitrogen and oxygen atoms in total. The Hall–Kier alpha value is -1.25. The van der Waals surface area contributed by atoms with E-state index in [9.17, 15) is 8.42 Å². The van der Waals surface area contributed by atoms with Crippen LogP contribution in [-0.2, 0) is 16.6 Å². The second kappa shape index (κ2) is 7.78. The number of sulfonamides is 1. The Labute approximate surface area is 159 Å². The minimum Gasteiger partial charge on any atom is -0.314 e. The summed E-state index contributed by atoms with van der Waals surface area (Å²) in [5.74, 6) is 0. The van der Waals surface area contributed by atoms with Crippen LogP contribution in [0.15, 0.2) is 40.6 Å². The van der Waals surface area contributed by atoms with Crippen molar-refractivity contribution in [2.75, 3.05) is 39.3 Å². The van der Waals surface area contributed by atoms with E-state index < -0.39 is 10.0 Å². The van der Waals surface area contributed by atoms with Crippen LogP contribution in [-0.4, -0.2) is 56.9 Å². The first kappa shape index (κ1) is 18.1. The maximum atomic E-state index is 12.9. The van der Waals surface area contributed by atoms with Crippen molar-refractivity contribution in [1.82, 2.24) is 14.5 Å². The molecule has 2 aromatic rings. The summed E-state index contributed by atoms with van der Waals surface area (Å²) < 4.78 is 27.8. The summed E-state index contributed by atoms with van der Waals surface area (Å²) in [7, 11) is -3.38. The van der Waals surface area contributed by atoms with Crippen LogP contribution in [0.3, 0.4) is 0 Å². The van der Waals surface area contributed by atoms with Crippen molar-refractivity contribution >= 4 is 21.4 Å². The van der Waals surface area contributed by atoms with Gasteiger partial charge in [-0.3, -0.25) is 4.90 Å². The van der Waals surface area contributed by atoms with Gasteiger partial charge in [-0.15, -0.1) is 11.3 Å². The van der Waals surface area contributed by atoms with Gasteiger partial charge in [0.05, 0.1) is 0 Å². The van der Waals surface area contributed by atoms with Crippen molar-refractivity contribution in [2.24, 2.45) is 0 Å². The lowest BCUT2D eigenvalue weighted by Gasteiger charge is -2.25. The lowest BCUT2D eigenvalue weighted by molar-refractivity contribution is 0.332. The molecular formula is C19H25N3O2S2. The van der Waals surface area contributed by atoms with E-state index in [1.807, 2.05) is 12.1 Å². The highest BCUT2D eigenvalue weighted by Gasteiger charge is 2.27. The molecule has 0 radical (unpaired) electrons. The van der Waals surface area contributed by atoms with Crippen molar-refractivity contribution in [2.45, 2.75) is 23.6 Å². The summed E-state index contributed by atoms with van der Waals surface area (Å²) in [5.41, 5.74) is 2.44. The summed E-state index contributed by atoms with van der Waals surface area (Å²) in [6.45, 7) is 5.77. The lowest BCUT2D eigenvalue weighted by Crippen LogP contribution is -2.46. The number of nitrogens with zero attached hydrogens (tertiary/aromatic N) is 2. The summed E-state index contributed by atoms with van der Waals surface area (Å²) in [6, 6.07) is 12.1. The van der Waals surface area contributed by atoms with Gasteiger partial charge in [-0.25, -0.2) is 8.42 Å². The summed E-state index contributed by atoms with van der Waals surface area (Å²) >= 11 is 1.39. The molecule has 2 saturated heterocycles. The molecule has 0 unspecified atom stereocenters. The third kappa shape index (κ3) is 3.73. The van der Waals surface area contributed by atoms with E-state index in [4.69, 9.17) is 0 Å². The van der Waals surface area contributed by atoms with E-state index in [0.717, 1.165) is 43.2 Å². The van der Waals surface area contributed by atoms with Crippen LogP contribution in [0, 0.1) is 0 Å². The molecule has 1 N–H and O–H groups in total. The van der Waals surface area contributed by atoms with Gasteiger partial charge >= 0.3 is 0 Å². The number of benzene rings is 1. The average molecular weight is 392 g/mol. The van der Waals surface area contributed by atoms with Gasteiger partial charge in [0.15, 0.2) is 0 Å². The molecule has 140 valence electrons. The predicted octanol–water partition coefficient (Wildman–Crippen LogP) is 2.60. The SMILES string of the molecule is O=S(=O)(c1ccc(-c2ccccc2CN2CCCC2)s1)N1CCNCC1. The molecule has 0 spiro atoms. The average Bonchev–Trinajstić information content (AvgIpc) is 3.35. The lowest BCUT2D eigenvalue weighted by atomic mass is 10.1. The molecule has 1 aromatic carbocycles. The predicted molar refractivity (Wildman–Crippen MR) is 106 cm³/mol. The maximum Gasteiger partial charge on any atom is 0.252 e. The van der Waals surface area contributed by atoms with Crippen molar-refractivity contribution < 1.29 is 8.42 Å². The van der Waals surface area contributed by atoms with Crippen LogP contribution in [0.1, 0.15) is 18.4 Å². The molecule has 2 aliphatic heterocycles. The van der Waals surface area contributed by atoms with Crippen LogP contribution in [0.5, 0.6) is 0 Å². The molecule has 0 amide bonds. The zero-order valence-corrected chi connectivity index (χ0v) is 16.5. The highest BCUT2D eigenvalue weighted by atomic mass is 32.2. The van der Waals surface area contributed by atoms with E-state index in [-0.39, 0.29) is 0 Å². The monoisotopic (exact) mass is 391 g/mol. The first-order chi connectivity index (χ1) is 12.6. The zero-order valence-electron chi connectivity index (χ0n) is 14.9. The van der Waals surface area contributed by atoms with Crippen molar-refractivity contribution in [3.63, 3.8) is 0 Å². The Morgan fingerprint density at radius 1 is 0.962 bits per heavy atom. The topological polar surface area (TPSA) is 52.7 Å². The summed E-state index contributed by atoms with van der Waals surface area (Å²) in [6.07, 6.45) is 2.54. The van der Waals surface area contributed by atoms with Crippen LogP contribution in [0.25, 0.3) is 10.4 Å². The fourth-order valence-corrected chi connectivity index (χ4v) is 6.66. The van der Waals surface area contributed by atoms with Gasteiger partial charge in [-0.05, 0) is 49.2 Å². The highest BCUT2D eigenvalue weighted by Crippen LogP contribution is 2.35. The second-order valence-corrected chi connectivity index (χ2v) is 10.2. The van der Waals surface area contributed by atoms with Crippen LogP contribution in [0.4, 0.5) is 0 Å². The standard InChI is InChI=1S/C19H25N3O2S2/c23-26(24,22-13-9-20-10-14-22)19-8-7-18(25-19)17-6-2-1-5-16(17)15-21-11-3-4-12-21/h1-2,5-8,20H,3-4,9-15H2. The smallest absolute Gasteiger partial charge is 0.252 e. The van der Waals surface area contributed by atoms with Gasteiger partial charge in [-0.2, -0.15) is 4.31 Å². The minimum atomic E-state index is -3.38. The summed E-state index contributed by atoms with van der Waals surface area (Å²) in [4.78, 5) is 3.51. The molecule has 0 aliphatic carbocycles. The Balaban J connectivity index is 1.60. The van der Waals surface area contributed by atoms with Gasteiger partial charge < -0.3 is 5.32 Å². The molecular weight excluding hydrogens is 366 g/mol. The van der Waals surface area contributed by atoms with Crippen molar-refractivity contribution in [3.8, 4) is 10.4 Å². The molecule has 1 aromatic heterocycles. The minimum absolute atomic E-state index is 0.449. The number of hydrogen-bond donors (Lipinski definition) is 1. The molecule has 2 fully saturated rings. The number of hydrogen-bond acceptors (Lipinski definition) is 5. The van der Waals surface area contributed by atoms with Gasteiger partial charge in [0.1, 0.15) is 4.21 Å². The number of rotatable bonds is 5. The maximum absolute atomic E-state index is 12.9. The van der Waals surface area contributed by atoms with Crippen LogP contribution in [0.2, 0.25) is 0 Å². The van der Waals surface area contributed by atoms with Crippen molar-refractivity contribution in [1.29, 1.82) is 0 Å². The molecule has 0 saturated carbocycles. The zero-order chi connectivity index (χ0) is 18.0. The van der Waals surface area contributed by atoms with Gasteiger partial charge in [-0.1, -0.05) is 24.3 Å². The fraction of sp³-hybridized carbons (Fsp3) is 0.474. The molecule has 7 heteroatoms. The first-order valence-corrected chi connectivity index (χ1v) is 11.5. The van der Waals surface area contributed by atoms with Crippen LogP contribution >= 0.6 is 11.3 Å². The van der Waals surface area contributed by atoms with Crippen molar-refractivity contribution in [3.05, 3.63) is 42.0 Å². The first-order valence-electron chi connectivity index (χ1n) is 9.26. The van der Waals surface area contributed by atoms with E-state index in [1.165, 1.54) is 29.7 Å². The number of piperazine rings is 1. The fourth-order valence-electron chi connectivity index (χ4n) is 3.70. The molecule has 0 atom stereocenters. The third-order valence-corrected chi connectivity index (χ3v) is 8.61. The third-order valence-electron chi connectivity index (χ3n) is 5.13. The van der Waals surface area contributed by atoms with E-state index in [1.54, 1.807) is 10.4 Å². The normalized spacial score (nSPS) is 19.8. The largest absolute Gasteiger partial charge is 0.314 e. The van der Waals surface area contributed by atoms with E-state index >= 15 is 0 Å². The number of thiophene rings is 1. The molecule has 26 heavy (non-hydrogen) atoms. The molecule has 0 bridgehead atoms. The summed E-state index contributed by atoms with van der Waals surface area (Å²) in [5, 5.41) is 3.20.